The molecule has 0 spiro atoms. The number of aliphatic hydroxyl groups is 1. The Hall–Kier alpha value is -1.28. The summed E-state index contributed by atoms with van der Waals surface area (Å²) in [5.41, 5.74) is 1.97. The zero-order valence-electron chi connectivity index (χ0n) is 9.53. The van der Waals surface area contributed by atoms with Gasteiger partial charge < -0.3 is 9.84 Å². The highest BCUT2D eigenvalue weighted by Crippen LogP contribution is 2.26. The van der Waals surface area contributed by atoms with Gasteiger partial charge in [-0.15, -0.1) is 0 Å². The van der Waals surface area contributed by atoms with Crippen LogP contribution >= 0.6 is 0 Å². The molecule has 0 fully saturated rings. The van der Waals surface area contributed by atoms with Crippen LogP contribution in [-0.4, -0.2) is 11.7 Å². The maximum Gasteiger partial charge on any atom is 0.125 e. The Kier molecular flexibility index (Phi) is 4.37. The standard InChI is InChI=1S/C13H18O2/c1-4-5-8-15-13-9-10(2)6-7-12(13)11(3)14/h4-7,9,11,14H,8H2,1-3H3/t11-/m1/s1. The van der Waals surface area contributed by atoms with Gasteiger partial charge in [-0.25, -0.2) is 0 Å². The molecular weight excluding hydrogens is 188 g/mol. The zero-order chi connectivity index (χ0) is 11.3. The van der Waals surface area contributed by atoms with Crippen molar-refractivity contribution in [3.05, 3.63) is 41.5 Å². The van der Waals surface area contributed by atoms with Gasteiger partial charge in [0, 0.05) is 5.56 Å². The van der Waals surface area contributed by atoms with Crippen molar-refractivity contribution in [3.8, 4) is 5.75 Å². The second-order valence-electron chi connectivity index (χ2n) is 3.60. The molecule has 1 aromatic carbocycles. The van der Waals surface area contributed by atoms with Crippen LogP contribution in [-0.2, 0) is 0 Å². The van der Waals surface area contributed by atoms with Crippen molar-refractivity contribution in [1.29, 1.82) is 0 Å². The predicted molar refractivity (Wildman–Crippen MR) is 62.1 cm³/mol. The van der Waals surface area contributed by atoms with Crippen molar-refractivity contribution < 1.29 is 9.84 Å². The average molecular weight is 206 g/mol. The van der Waals surface area contributed by atoms with Crippen molar-refractivity contribution in [2.45, 2.75) is 26.9 Å². The smallest absolute Gasteiger partial charge is 0.125 e. The van der Waals surface area contributed by atoms with Gasteiger partial charge in [0.2, 0.25) is 0 Å². The average Bonchev–Trinajstić information content (AvgIpc) is 2.18. The molecule has 1 atom stereocenters. The number of hydrogen-bond donors (Lipinski definition) is 1. The fraction of sp³-hybridized carbons (Fsp3) is 0.385. The SMILES string of the molecule is CC=CCOc1cc(C)ccc1[C@@H](C)O. The van der Waals surface area contributed by atoms with Gasteiger partial charge in [0.25, 0.3) is 0 Å². The predicted octanol–water partition coefficient (Wildman–Crippen LogP) is 3.00. The number of aliphatic hydroxyl groups excluding tert-OH is 1. The topological polar surface area (TPSA) is 29.5 Å². The fourth-order valence-corrected chi connectivity index (χ4v) is 1.35. The Morgan fingerprint density at radius 2 is 2.20 bits per heavy atom. The van der Waals surface area contributed by atoms with E-state index in [0.29, 0.717) is 6.61 Å². The molecule has 0 aromatic heterocycles. The van der Waals surface area contributed by atoms with Crippen LogP contribution in [0.2, 0.25) is 0 Å². The van der Waals surface area contributed by atoms with E-state index in [1.54, 1.807) is 6.92 Å². The minimum Gasteiger partial charge on any atom is -0.489 e. The third kappa shape index (κ3) is 3.40. The van der Waals surface area contributed by atoms with Crippen LogP contribution in [0.4, 0.5) is 0 Å². The van der Waals surface area contributed by atoms with Crippen LogP contribution in [0.3, 0.4) is 0 Å². The van der Waals surface area contributed by atoms with Gasteiger partial charge in [0.05, 0.1) is 6.10 Å². The van der Waals surface area contributed by atoms with Gasteiger partial charge in [-0.1, -0.05) is 24.3 Å². The summed E-state index contributed by atoms with van der Waals surface area (Å²) in [5, 5.41) is 9.55. The molecule has 2 nitrogen and oxygen atoms in total. The third-order valence-electron chi connectivity index (χ3n) is 2.19. The Morgan fingerprint density at radius 3 is 2.80 bits per heavy atom. The van der Waals surface area contributed by atoms with E-state index < -0.39 is 6.10 Å². The van der Waals surface area contributed by atoms with Gasteiger partial charge in [-0.2, -0.15) is 0 Å². The molecule has 2 heteroatoms. The molecule has 0 unspecified atom stereocenters. The summed E-state index contributed by atoms with van der Waals surface area (Å²) in [4.78, 5) is 0. The van der Waals surface area contributed by atoms with E-state index in [1.807, 2.05) is 44.2 Å². The van der Waals surface area contributed by atoms with Gasteiger partial charge in [-0.3, -0.25) is 0 Å². The molecule has 0 heterocycles. The minimum absolute atomic E-state index is 0.494. The molecule has 0 amide bonds. The Labute approximate surface area is 91.2 Å². The largest absolute Gasteiger partial charge is 0.489 e. The van der Waals surface area contributed by atoms with E-state index in [9.17, 15) is 5.11 Å². The molecule has 0 aliphatic heterocycles. The highest BCUT2D eigenvalue weighted by Gasteiger charge is 2.08. The van der Waals surface area contributed by atoms with E-state index >= 15 is 0 Å². The molecule has 82 valence electrons. The maximum atomic E-state index is 9.55. The second kappa shape index (κ2) is 5.56. The van der Waals surface area contributed by atoms with E-state index in [0.717, 1.165) is 16.9 Å². The first kappa shape index (κ1) is 11.8. The molecule has 0 aliphatic rings. The van der Waals surface area contributed by atoms with E-state index in [4.69, 9.17) is 4.74 Å². The third-order valence-corrected chi connectivity index (χ3v) is 2.19. The van der Waals surface area contributed by atoms with Crippen LogP contribution < -0.4 is 4.74 Å². The summed E-state index contributed by atoms with van der Waals surface area (Å²) in [6.45, 7) is 6.25. The molecule has 0 saturated carbocycles. The van der Waals surface area contributed by atoms with Crippen LogP contribution in [0.5, 0.6) is 5.75 Å². The van der Waals surface area contributed by atoms with Crippen LogP contribution in [0.1, 0.15) is 31.1 Å². The lowest BCUT2D eigenvalue weighted by Crippen LogP contribution is -2.00. The maximum absolute atomic E-state index is 9.55. The van der Waals surface area contributed by atoms with Crippen molar-refractivity contribution in [3.63, 3.8) is 0 Å². The first-order valence-corrected chi connectivity index (χ1v) is 5.17. The second-order valence-corrected chi connectivity index (χ2v) is 3.60. The van der Waals surface area contributed by atoms with E-state index in [1.165, 1.54) is 0 Å². The number of ether oxygens (including phenoxy) is 1. The number of hydrogen-bond acceptors (Lipinski definition) is 2. The lowest BCUT2D eigenvalue weighted by Gasteiger charge is -2.13. The quantitative estimate of drug-likeness (QED) is 0.767. The summed E-state index contributed by atoms with van der Waals surface area (Å²) < 4.78 is 5.57. The molecule has 1 aromatic rings. The Morgan fingerprint density at radius 1 is 1.47 bits per heavy atom. The summed E-state index contributed by atoms with van der Waals surface area (Å²) in [6, 6.07) is 5.83. The number of benzene rings is 1. The van der Waals surface area contributed by atoms with Crippen molar-refractivity contribution in [2.75, 3.05) is 6.61 Å². The van der Waals surface area contributed by atoms with Gasteiger partial charge in [0.1, 0.15) is 12.4 Å². The number of aryl methyl sites for hydroxylation is 1. The normalized spacial score (nSPS) is 13.1. The Balaban J connectivity index is 2.86. The van der Waals surface area contributed by atoms with E-state index in [-0.39, 0.29) is 0 Å². The Bertz CT molecular complexity index is 340. The van der Waals surface area contributed by atoms with Crippen molar-refractivity contribution in [2.24, 2.45) is 0 Å². The first-order valence-electron chi connectivity index (χ1n) is 5.17. The molecule has 0 bridgehead atoms. The molecule has 1 N–H and O–H groups in total. The zero-order valence-corrected chi connectivity index (χ0v) is 9.53. The monoisotopic (exact) mass is 206 g/mol. The molecule has 0 radical (unpaired) electrons. The first-order chi connectivity index (χ1) is 7.15. The highest BCUT2D eigenvalue weighted by molar-refractivity contribution is 5.38. The molecule has 0 aliphatic carbocycles. The summed E-state index contributed by atoms with van der Waals surface area (Å²) in [7, 11) is 0. The molecular formula is C13H18O2. The minimum atomic E-state index is -0.494. The van der Waals surface area contributed by atoms with Crippen molar-refractivity contribution >= 4 is 0 Å². The lowest BCUT2D eigenvalue weighted by molar-refractivity contribution is 0.193. The van der Waals surface area contributed by atoms with Crippen LogP contribution in [0, 0.1) is 6.92 Å². The summed E-state index contributed by atoms with van der Waals surface area (Å²) >= 11 is 0. The summed E-state index contributed by atoms with van der Waals surface area (Å²) in [6.07, 6.45) is 3.39. The van der Waals surface area contributed by atoms with Crippen LogP contribution in [0.25, 0.3) is 0 Å². The lowest BCUT2D eigenvalue weighted by atomic mass is 10.1. The van der Waals surface area contributed by atoms with Crippen LogP contribution in [0.15, 0.2) is 30.4 Å². The highest BCUT2D eigenvalue weighted by atomic mass is 16.5. The van der Waals surface area contributed by atoms with Crippen molar-refractivity contribution in [1.82, 2.24) is 0 Å². The molecule has 1 rings (SSSR count). The van der Waals surface area contributed by atoms with E-state index in [2.05, 4.69) is 0 Å². The van der Waals surface area contributed by atoms with Gasteiger partial charge >= 0.3 is 0 Å². The number of rotatable bonds is 4. The fourth-order valence-electron chi connectivity index (χ4n) is 1.35. The molecule has 0 saturated heterocycles. The van der Waals surface area contributed by atoms with Gasteiger partial charge in [-0.05, 0) is 32.4 Å². The van der Waals surface area contributed by atoms with Gasteiger partial charge in [0.15, 0.2) is 0 Å². The molecule has 15 heavy (non-hydrogen) atoms. The summed E-state index contributed by atoms with van der Waals surface area (Å²) in [5.74, 6) is 0.767. The number of allylic oxidation sites excluding steroid dienone is 1.